The summed E-state index contributed by atoms with van der Waals surface area (Å²) in [6, 6.07) is 13.8. The van der Waals surface area contributed by atoms with Crippen LogP contribution in [0.1, 0.15) is 11.1 Å². The molecule has 2 aromatic carbocycles. The molecule has 21 heavy (non-hydrogen) atoms. The molecule has 108 valence electrons. The average Bonchev–Trinajstić information content (AvgIpc) is 2.50. The number of hydrogen-bond donors (Lipinski definition) is 3. The van der Waals surface area contributed by atoms with Crippen molar-refractivity contribution in [2.24, 2.45) is 0 Å². The van der Waals surface area contributed by atoms with E-state index in [4.69, 9.17) is 5.41 Å². The third-order valence-electron chi connectivity index (χ3n) is 3.28. The van der Waals surface area contributed by atoms with Crippen molar-refractivity contribution in [3.05, 3.63) is 66.2 Å². The first-order valence-electron chi connectivity index (χ1n) is 6.63. The van der Waals surface area contributed by atoms with Gasteiger partial charge in [-0.15, -0.1) is 0 Å². The molecule has 0 atom stereocenters. The average molecular weight is 282 g/mol. The minimum Gasteiger partial charge on any atom is -0.508 e. The van der Waals surface area contributed by atoms with Gasteiger partial charge in [0.15, 0.2) is 0 Å². The molecule has 0 aliphatic heterocycles. The second kappa shape index (κ2) is 6.61. The maximum Gasteiger partial charge on any atom is 0.115 e. The van der Waals surface area contributed by atoms with Crippen LogP contribution in [0.5, 0.6) is 11.5 Å². The number of nitrogens with zero attached hydrogens (tertiary/aromatic N) is 1. The molecule has 0 radical (unpaired) electrons. The van der Waals surface area contributed by atoms with Crippen molar-refractivity contribution in [2.45, 2.75) is 6.42 Å². The minimum atomic E-state index is 0.206. The fraction of sp³-hybridized carbons (Fsp3) is 0.118. The summed E-state index contributed by atoms with van der Waals surface area (Å²) in [4.78, 5) is 1.75. The highest BCUT2D eigenvalue weighted by Crippen LogP contribution is 2.19. The van der Waals surface area contributed by atoms with Gasteiger partial charge in [0.05, 0.1) is 6.34 Å². The van der Waals surface area contributed by atoms with E-state index in [2.05, 4.69) is 6.58 Å². The van der Waals surface area contributed by atoms with Crippen LogP contribution in [0.15, 0.2) is 55.1 Å². The third kappa shape index (κ3) is 3.86. The number of rotatable bonds is 6. The van der Waals surface area contributed by atoms with E-state index < -0.39 is 0 Å². The lowest BCUT2D eigenvalue weighted by Crippen LogP contribution is -2.22. The zero-order valence-corrected chi connectivity index (χ0v) is 11.7. The van der Waals surface area contributed by atoms with Crippen molar-refractivity contribution in [2.75, 3.05) is 6.54 Å². The first kappa shape index (κ1) is 14.7. The van der Waals surface area contributed by atoms with E-state index in [0.29, 0.717) is 12.2 Å². The quantitative estimate of drug-likeness (QED) is 0.563. The van der Waals surface area contributed by atoms with Crippen molar-refractivity contribution in [1.29, 1.82) is 5.41 Å². The first-order chi connectivity index (χ1) is 10.1. The highest BCUT2D eigenvalue weighted by molar-refractivity contribution is 5.73. The van der Waals surface area contributed by atoms with Crippen LogP contribution in [-0.2, 0) is 6.42 Å². The van der Waals surface area contributed by atoms with Gasteiger partial charge in [-0.25, -0.2) is 0 Å². The fourth-order valence-electron chi connectivity index (χ4n) is 2.01. The SMILES string of the molecule is C=C(c1ccc(O)cc1)N(C=N)CCc1ccc(O)cc1. The highest BCUT2D eigenvalue weighted by atomic mass is 16.3. The minimum absolute atomic E-state index is 0.206. The van der Waals surface area contributed by atoms with Crippen molar-refractivity contribution in [3.8, 4) is 11.5 Å². The third-order valence-corrected chi connectivity index (χ3v) is 3.28. The zero-order valence-electron chi connectivity index (χ0n) is 11.7. The molecule has 3 N–H and O–H groups in total. The largest absolute Gasteiger partial charge is 0.508 e. The Kier molecular flexibility index (Phi) is 4.61. The molecule has 2 rings (SSSR count). The first-order valence-corrected chi connectivity index (χ1v) is 6.63. The Morgan fingerprint density at radius 3 is 2.05 bits per heavy atom. The molecule has 2 aromatic rings. The van der Waals surface area contributed by atoms with Crippen LogP contribution in [0.25, 0.3) is 5.70 Å². The number of aromatic hydroxyl groups is 2. The lowest BCUT2D eigenvalue weighted by atomic mass is 10.1. The van der Waals surface area contributed by atoms with Gasteiger partial charge in [0.2, 0.25) is 0 Å². The summed E-state index contributed by atoms with van der Waals surface area (Å²) < 4.78 is 0. The number of nitrogens with one attached hydrogen (secondary N) is 1. The summed E-state index contributed by atoms with van der Waals surface area (Å²) in [6.45, 7) is 4.62. The molecular weight excluding hydrogens is 264 g/mol. The Bertz CT molecular complexity index is 618. The molecule has 0 aromatic heterocycles. The Labute approximate surface area is 124 Å². The maximum absolute atomic E-state index is 9.30. The Morgan fingerprint density at radius 1 is 1.00 bits per heavy atom. The van der Waals surface area contributed by atoms with Gasteiger partial charge in [-0.2, -0.15) is 0 Å². The van der Waals surface area contributed by atoms with E-state index in [1.807, 2.05) is 12.1 Å². The normalized spacial score (nSPS) is 10.1. The van der Waals surface area contributed by atoms with E-state index in [1.165, 1.54) is 6.34 Å². The van der Waals surface area contributed by atoms with Gasteiger partial charge < -0.3 is 15.1 Å². The summed E-state index contributed by atoms with van der Waals surface area (Å²) in [5.41, 5.74) is 2.66. The lowest BCUT2D eigenvalue weighted by Gasteiger charge is -2.21. The monoisotopic (exact) mass is 282 g/mol. The second-order valence-corrected chi connectivity index (χ2v) is 4.73. The molecule has 0 unspecified atom stereocenters. The van der Waals surface area contributed by atoms with E-state index in [1.54, 1.807) is 41.3 Å². The lowest BCUT2D eigenvalue weighted by molar-refractivity contribution is 0.474. The van der Waals surface area contributed by atoms with Crippen LogP contribution in [0.3, 0.4) is 0 Å². The molecule has 0 bridgehead atoms. The molecule has 0 saturated heterocycles. The molecule has 0 aliphatic rings. The molecule has 0 heterocycles. The van der Waals surface area contributed by atoms with E-state index in [-0.39, 0.29) is 11.5 Å². The van der Waals surface area contributed by atoms with Crippen molar-refractivity contribution in [3.63, 3.8) is 0 Å². The number of phenols is 2. The predicted octanol–water partition coefficient (Wildman–Crippen LogP) is 3.22. The summed E-state index contributed by atoms with van der Waals surface area (Å²) in [7, 11) is 0. The van der Waals surface area contributed by atoms with Crippen LogP contribution < -0.4 is 0 Å². The van der Waals surface area contributed by atoms with Gasteiger partial charge in [-0.05, 0) is 53.9 Å². The highest BCUT2D eigenvalue weighted by Gasteiger charge is 2.08. The Hall–Kier alpha value is -2.75. The van der Waals surface area contributed by atoms with Crippen molar-refractivity contribution >= 4 is 12.0 Å². The number of benzene rings is 2. The Balaban J connectivity index is 2.02. The summed E-state index contributed by atoms with van der Waals surface area (Å²) in [5, 5.41) is 26.1. The van der Waals surface area contributed by atoms with Crippen molar-refractivity contribution < 1.29 is 10.2 Å². The van der Waals surface area contributed by atoms with E-state index >= 15 is 0 Å². The smallest absolute Gasteiger partial charge is 0.115 e. The fourth-order valence-corrected chi connectivity index (χ4v) is 2.01. The van der Waals surface area contributed by atoms with E-state index in [0.717, 1.165) is 17.5 Å². The molecule has 0 aliphatic carbocycles. The molecule has 0 spiro atoms. The van der Waals surface area contributed by atoms with Crippen LogP contribution in [0, 0.1) is 5.41 Å². The second-order valence-electron chi connectivity index (χ2n) is 4.73. The van der Waals surface area contributed by atoms with Crippen LogP contribution >= 0.6 is 0 Å². The number of hydrogen-bond acceptors (Lipinski definition) is 3. The molecular formula is C17H18N2O2. The van der Waals surface area contributed by atoms with Crippen LogP contribution in [0.4, 0.5) is 0 Å². The van der Waals surface area contributed by atoms with Crippen molar-refractivity contribution in [1.82, 2.24) is 4.90 Å². The predicted molar refractivity (Wildman–Crippen MR) is 84.4 cm³/mol. The van der Waals surface area contributed by atoms with Crippen LogP contribution in [-0.4, -0.2) is 28.0 Å². The van der Waals surface area contributed by atoms with Gasteiger partial charge >= 0.3 is 0 Å². The van der Waals surface area contributed by atoms with Crippen LogP contribution in [0.2, 0.25) is 0 Å². The maximum atomic E-state index is 9.30. The molecule has 0 fully saturated rings. The molecule has 4 nitrogen and oxygen atoms in total. The van der Waals surface area contributed by atoms with Gasteiger partial charge in [-0.3, -0.25) is 5.41 Å². The van der Waals surface area contributed by atoms with E-state index in [9.17, 15) is 10.2 Å². The summed E-state index contributed by atoms with van der Waals surface area (Å²) in [6.07, 6.45) is 1.99. The number of phenolic OH excluding ortho intramolecular Hbond substituents is 2. The topological polar surface area (TPSA) is 67.5 Å². The summed E-state index contributed by atoms with van der Waals surface area (Å²) >= 11 is 0. The standard InChI is InChI=1S/C17H18N2O2/c1-13(15-4-8-17(21)9-5-15)19(12-18)11-10-14-2-6-16(20)7-3-14/h2-9,12,18,20-21H,1,10-11H2. The van der Waals surface area contributed by atoms with Gasteiger partial charge in [-0.1, -0.05) is 18.7 Å². The molecule has 0 saturated carbocycles. The molecule has 4 heteroatoms. The van der Waals surface area contributed by atoms with Gasteiger partial charge in [0.25, 0.3) is 0 Å². The van der Waals surface area contributed by atoms with Gasteiger partial charge in [0.1, 0.15) is 11.5 Å². The zero-order chi connectivity index (χ0) is 15.2. The van der Waals surface area contributed by atoms with Gasteiger partial charge in [0, 0.05) is 12.2 Å². The summed E-state index contributed by atoms with van der Waals surface area (Å²) in [5.74, 6) is 0.452. The Morgan fingerprint density at radius 2 is 1.52 bits per heavy atom. The molecule has 0 amide bonds.